The number of aliphatic hydroxyl groups excluding tert-OH is 1. The number of rotatable bonds is 5. The average Bonchev–Trinajstić information content (AvgIpc) is 2.17. The summed E-state index contributed by atoms with van der Waals surface area (Å²) in [6.07, 6.45) is 2.51. The van der Waals surface area contributed by atoms with E-state index in [1.807, 2.05) is 0 Å². The number of nitrogens with zero attached hydrogens (tertiary/aromatic N) is 2. The Morgan fingerprint density at radius 3 is 2.40 bits per heavy atom. The predicted octanol–water partition coefficient (Wildman–Crippen LogP) is 1.03. The van der Waals surface area contributed by atoms with Crippen LogP contribution in [-0.2, 0) is 0 Å². The standard InChI is InChI=1S/C12H26N2O/c1-11(2)10-14(8-9-15)12-4-6-13(3)7-5-12/h11-12,15H,4-10H2,1-3H3. The van der Waals surface area contributed by atoms with Crippen molar-refractivity contribution in [2.24, 2.45) is 5.92 Å². The summed E-state index contributed by atoms with van der Waals surface area (Å²) in [5, 5.41) is 9.08. The van der Waals surface area contributed by atoms with Gasteiger partial charge in [-0.25, -0.2) is 0 Å². The molecule has 0 saturated carbocycles. The van der Waals surface area contributed by atoms with Crippen molar-refractivity contribution in [3.05, 3.63) is 0 Å². The van der Waals surface area contributed by atoms with Gasteiger partial charge >= 0.3 is 0 Å². The molecule has 0 bridgehead atoms. The number of hydrogen-bond donors (Lipinski definition) is 1. The lowest BCUT2D eigenvalue weighted by molar-refractivity contribution is 0.0902. The van der Waals surface area contributed by atoms with Crippen LogP contribution in [0.25, 0.3) is 0 Å². The largest absolute Gasteiger partial charge is 0.395 e. The monoisotopic (exact) mass is 214 g/mol. The predicted molar refractivity (Wildman–Crippen MR) is 64.0 cm³/mol. The van der Waals surface area contributed by atoms with E-state index in [1.165, 1.54) is 25.9 Å². The Balaban J connectivity index is 2.40. The molecule has 3 heteroatoms. The quantitative estimate of drug-likeness (QED) is 0.740. The molecule has 0 radical (unpaired) electrons. The summed E-state index contributed by atoms with van der Waals surface area (Å²) < 4.78 is 0. The van der Waals surface area contributed by atoms with Gasteiger partial charge in [-0.3, -0.25) is 4.90 Å². The van der Waals surface area contributed by atoms with E-state index in [4.69, 9.17) is 5.11 Å². The van der Waals surface area contributed by atoms with Gasteiger partial charge < -0.3 is 10.0 Å². The molecule has 0 aromatic carbocycles. The van der Waals surface area contributed by atoms with Crippen molar-refractivity contribution in [3.63, 3.8) is 0 Å². The Bertz CT molecular complexity index is 165. The van der Waals surface area contributed by atoms with Gasteiger partial charge in [0.2, 0.25) is 0 Å². The highest BCUT2D eigenvalue weighted by Crippen LogP contribution is 2.16. The Morgan fingerprint density at radius 1 is 1.33 bits per heavy atom. The summed E-state index contributed by atoms with van der Waals surface area (Å²) in [7, 11) is 2.19. The van der Waals surface area contributed by atoms with Crippen molar-refractivity contribution in [1.82, 2.24) is 9.80 Å². The maximum Gasteiger partial charge on any atom is 0.0558 e. The van der Waals surface area contributed by atoms with Crippen LogP contribution in [-0.4, -0.2) is 60.8 Å². The summed E-state index contributed by atoms with van der Waals surface area (Å²) in [4.78, 5) is 4.86. The van der Waals surface area contributed by atoms with Gasteiger partial charge in [-0.2, -0.15) is 0 Å². The van der Waals surface area contributed by atoms with Crippen molar-refractivity contribution >= 4 is 0 Å². The van der Waals surface area contributed by atoms with Crippen LogP contribution in [0.15, 0.2) is 0 Å². The molecule has 1 saturated heterocycles. The molecule has 1 N–H and O–H groups in total. The van der Waals surface area contributed by atoms with Gasteiger partial charge in [0.25, 0.3) is 0 Å². The van der Waals surface area contributed by atoms with Gasteiger partial charge in [0.1, 0.15) is 0 Å². The van der Waals surface area contributed by atoms with Crippen LogP contribution in [0.3, 0.4) is 0 Å². The molecule has 0 aromatic rings. The first-order valence-electron chi connectivity index (χ1n) is 6.17. The van der Waals surface area contributed by atoms with Gasteiger partial charge in [-0.1, -0.05) is 13.8 Å². The summed E-state index contributed by atoms with van der Waals surface area (Å²) in [6, 6.07) is 0.691. The van der Waals surface area contributed by atoms with E-state index in [1.54, 1.807) is 0 Å². The van der Waals surface area contributed by atoms with E-state index >= 15 is 0 Å². The van der Waals surface area contributed by atoms with Crippen molar-refractivity contribution in [2.75, 3.05) is 39.8 Å². The van der Waals surface area contributed by atoms with Gasteiger partial charge in [0.05, 0.1) is 6.61 Å². The molecular weight excluding hydrogens is 188 g/mol. The summed E-state index contributed by atoms with van der Waals surface area (Å²) in [5.74, 6) is 0.691. The minimum absolute atomic E-state index is 0.291. The molecule has 1 aliphatic heterocycles. The van der Waals surface area contributed by atoms with Gasteiger partial charge in [-0.05, 0) is 38.9 Å². The van der Waals surface area contributed by atoms with E-state index in [0.717, 1.165) is 13.1 Å². The molecule has 0 aromatic heterocycles. The minimum Gasteiger partial charge on any atom is -0.395 e. The molecule has 0 unspecified atom stereocenters. The third-order valence-corrected chi connectivity index (χ3v) is 3.19. The van der Waals surface area contributed by atoms with Crippen LogP contribution >= 0.6 is 0 Å². The Labute approximate surface area is 94.1 Å². The molecule has 0 aliphatic carbocycles. The number of likely N-dealkylation sites (tertiary alicyclic amines) is 1. The molecule has 1 heterocycles. The second kappa shape index (κ2) is 6.46. The maximum absolute atomic E-state index is 9.08. The van der Waals surface area contributed by atoms with Crippen LogP contribution in [0.4, 0.5) is 0 Å². The third-order valence-electron chi connectivity index (χ3n) is 3.19. The highest BCUT2D eigenvalue weighted by Gasteiger charge is 2.22. The Kier molecular flexibility index (Phi) is 5.58. The van der Waals surface area contributed by atoms with E-state index in [2.05, 4.69) is 30.7 Å². The normalized spacial score (nSPS) is 20.4. The second-order valence-electron chi connectivity index (χ2n) is 5.15. The molecular formula is C12H26N2O. The van der Waals surface area contributed by atoms with Crippen molar-refractivity contribution in [1.29, 1.82) is 0 Å². The van der Waals surface area contributed by atoms with Crippen LogP contribution in [0.1, 0.15) is 26.7 Å². The van der Waals surface area contributed by atoms with E-state index < -0.39 is 0 Å². The fourth-order valence-electron chi connectivity index (χ4n) is 2.38. The molecule has 1 fully saturated rings. The highest BCUT2D eigenvalue weighted by atomic mass is 16.3. The van der Waals surface area contributed by atoms with Crippen LogP contribution in [0.2, 0.25) is 0 Å². The Morgan fingerprint density at radius 2 is 1.93 bits per heavy atom. The van der Waals surface area contributed by atoms with Gasteiger partial charge in [-0.15, -0.1) is 0 Å². The summed E-state index contributed by atoms with van der Waals surface area (Å²) >= 11 is 0. The SMILES string of the molecule is CC(C)CN(CCO)C1CCN(C)CC1. The third kappa shape index (κ3) is 4.49. The lowest BCUT2D eigenvalue weighted by Crippen LogP contribution is -2.46. The Hall–Kier alpha value is -0.120. The maximum atomic E-state index is 9.08. The molecule has 1 rings (SSSR count). The minimum atomic E-state index is 0.291. The first kappa shape index (κ1) is 12.9. The molecule has 0 amide bonds. The zero-order valence-electron chi connectivity index (χ0n) is 10.4. The second-order valence-corrected chi connectivity index (χ2v) is 5.15. The smallest absolute Gasteiger partial charge is 0.0558 e. The summed E-state index contributed by atoms with van der Waals surface area (Å²) in [6.45, 7) is 9.15. The van der Waals surface area contributed by atoms with E-state index in [0.29, 0.717) is 18.6 Å². The van der Waals surface area contributed by atoms with Gasteiger partial charge in [0.15, 0.2) is 0 Å². The molecule has 90 valence electrons. The topological polar surface area (TPSA) is 26.7 Å². The lowest BCUT2D eigenvalue weighted by Gasteiger charge is -2.37. The fraction of sp³-hybridized carbons (Fsp3) is 1.00. The zero-order chi connectivity index (χ0) is 11.3. The van der Waals surface area contributed by atoms with Crippen molar-refractivity contribution in [2.45, 2.75) is 32.7 Å². The first-order valence-corrected chi connectivity index (χ1v) is 6.17. The zero-order valence-corrected chi connectivity index (χ0v) is 10.4. The number of aliphatic hydroxyl groups is 1. The van der Waals surface area contributed by atoms with Crippen LogP contribution in [0.5, 0.6) is 0 Å². The first-order chi connectivity index (χ1) is 7.13. The lowest BCUT2D eigenvalue weighted by atomic mass is 10.0. The molecule has 0 spiro atoms. The van der Waals surface area contributed by atoms with E-state index in [-0.39, 0.29) is 0 Å². The molecule has 3 nitrogen and oxygen atoms in total. The van der Waals surface area contributed by atoms with Gasteiger partial charge in [0, 0.05) is 19.1 Å². The van der Waals surface area contributed by atoms with Crippen molar-refractivity contribution in [3.8, 4) is 0 Å². The fourth-order valence-corrected chi connectivity index (χ4v) is 2.38. The highest BCUT2D eigenvalue weighted by molar-refractivity contribution is 4.79. The number of hydrogen-bond acceptors (Lipinski definition) is 3. The van der Waals surface area contributed by atoms with E-state index in [9.17, 15) is 0 Å². The molecule has 1 aliphatic rings. The number of piperidine rings is 1. The molecule has 0 atom stereocenters. The van der Waals surface area contributed by atoms with Crippen molar-refractivity contribution < 1.29 is 5.11 Å². The van der Waals surface area contributed by atoms with Crippen LogP contribution in [0, 0.1) is 5.92 Å². The van der Waals surface area contributed by atoms with Crippen LogP contribution < -0.4 is 0 Å². The molecule has 15 heavy (non-hydrogen) atoms. The average molecular weight is 214 g/mol. The summed E-state index contributed by atoms with van der Waals surface area (Å²) in [5.41, 5.74) is 0.